The van der Waals surface area contributed by atoms with E-state index < -0.39 is 11.2 Å². The first-order valence-electron chi connectivity index (χ1n) is 25.0. The third kappa shape index (κ3) is 10.0. The Bertz CT molecular complexity index is 1830. The molecule has 0 bridgehead atoms. The van der Waals surface area contributed by atoms with Crippen LogP contribution in [0.25, 0.3) is 0 Å². The number of halogens is 1. The minimum absolute atomic E-state index is 0. The van der Waals surface area contributed by atoms with Crippen LogP contribution in [0.4, 0.5) is 0 Å². The summed E-state index contributed by atoms with van der Waals surface area (Å²) in [4.78, 5) is 29.9. The number of aromatic amines is 1. The molecule has 2 aromatic rings. The maximum absolute atomic E-state index is 13.3. The molecule has 8 aliphatic rings. The fourth-order valence-electron chi connectivity index (χ4n) is 17.5. The van der Waals surface area contributed by atoms with Gasteiger partial charge in [-0.15, -0.1) is 0 Å². The molecule has 16 atom stereocenters. The highest BCUT2D eigenvalue weighted by molar-refractivity contribution is 9.09. The Morgan fingerprint density at radius 3 is 1.53 bits per heavy atom. The molecule has 0 unspecified atom stereocenters. The van der Waals surface area contributed by atoms with Crippen molar-refractivity contribution in [2.75, 3.05) is 32.8 Å². The number of nitrogens with one attached hydrogen (secondary N) is 1. The van der Waals surface area contributed by atoms with Crippen molar-refractivity contribution in [3.8, 4) is 0 Å². The molecular formula is C55H93BrN4O6. The minimum atomic E-state index is -0.632. The van der Waals surface area contributed by atoms with Gasteiger partial charge in [-0.25, -0.2) is 4.98 Å². The summed E-state index contributed by atoms with van der Waals surface area (Å²) < 4.78 is 12.6. The van der Waals surface area contributed by atoms with E-state index in [4.69, 9.17) is 9.47 Å². The molecule has 10 rings (SSSR count). The monoisotopic (exact) mass is 985 g/mol. The lowest BCUT2D eigenvalue weighted by molar-refractivity contribution is -0.164. The number of rotatable bonds is 9. The molecule has 10 nitrogen and oxygen atoms in total. The smallest absolute Gasteiger partial charge is 0.156 e. The summed E-state index contributed by atoms with van der Waals surface area (Å²) in [5.41, 5.74) is -0.165. The maximum Gasteiger partial charge on any atom is 0.156 e. The van der Waals surface area contributed by atoms with Crippen LogP contribution in [0.5, 0.6) is 0 Å². The largest absolute Gasteiger partial charge is 0.387 e. The van der Waals surface area contributed by atoms with E-state index in [1.54, 1.807) is 39.1 Å². The molecule has 0 aliphatic heterocycles. The summed E-state index contributed by atoms with van der Waals surface area (Å²) in [6, 6.07) is 1.83. The number of methoxy groups -OCH3 is 2. The van der Waals surface area contributed by atoms with Crippen LogP contribution in [-0.2, 0) is 25.6 Å². The van der Waals surface area contributed by atoms with Crippen molar-refractivity contribution in [1.82, 2.24) is 19.7 Å². The Morgan fingerprint density at radius 1 is 0.652 bits per heavy atom. The number of aromatic nitrogens is 4. The van der Waals surface area contributed by atoms with Crippen molar-refractivity contribution < 1.29 is 29.3 Å². The summed E-state index contributed by atoms with van der Waals surface area (Å²) in [7, 11) is 3.41. The summed E-state index contributed by atoms with van der Waals surface area (Å²) in [5.74, 6) is 7.00. The van der Waals surface area contributed by atoms with Crippen molar-refractivity contribution in [1.29, 1.82) is 0 Å². The van der Waals surface area contributed by atoms with E-state index in [0.717, 1.165) is 81.0 Å². The highest BCUT2D eigenvalue weighted by Crippen LogP contribution is 2.70. The molecule has 8 aliphatic carbocycles. The number of imidazole rings is 1. The van der Waals surface area contributed by atoms with E-state index in [1.807, 2.05) is 16.8 Å². The van der Waals surface area contributed by atoms with Crippen LogP contribution in [0.3, 0.4) is 0 Å². The zero-order chi connectivity index (χ0) is 44.8. The van der Waals surface area contributed by atoms with Gasteiger partial charge in [0.2, 0.25) is 0 Å². The number of hydrogen-bond acceptors (Lipinski definition) is 8. The van der Waals surface area contributed by atoms with E-state index >= 15 is 0 Å². The molecule has 3 N–H and O–H groups in total. The maximum atomic E-state index is 13.3. The van der Waals surface area contributed by atoms with E-state index in [2.05, 4.69) is 58.8 Å². The summed E-state index contributed by atoms with van der Waals surface area (Å²) in [6.45, 7) is 11.3. The second-order valence-electron chi connectivity index (χ2n) is 23.5. The molecule has 8 fully saturated rings. The number of fused-ring (bicyclic) bond motifs is 10. The van der Waals surface area contributed by atoms with Crippen LogP contribution < -0.4 is 0 Å². The number of Topliss-reactive ketones (excluding diaryl/α,β-unsaturated/α-hetero) is 2. The molecule has 11 heteroatoms. The fraction of sp³-hybridized carbons (Fsp3) is 0.855. The Balaban J connectivity index is 0.000000216. The Kier molecular flexibility index (Phi) is 18.0. The van der Waals surface area contributed by atoms with Gasteiger partial charge in [0.25, 0.3) is 0 Å². The zero-order valence-corrected chi connectivity index (χ0v) is 41.1. The zero-order valence-electron chi connectivity index (χ0n) is 39.5. The van der Waals surface area contributed by atoms with Crippen LogP contribution in [0.2, 0.25) is 0 Å². The van der Waals surface area contributed by atoms with Gasteiger partial charge in [-0.3, -0.25) is 14.7 Å². The molecule has 66 heavy (non-hydrogen) atoms. The number of carbonyl (C=O) groups excluding carboxylic acids is 2. The average molecular weight is 986 g/mol. The summed E-state index contributed by atoms with van der Waals surface area (Å²) >= 11 is 3.43. The fourth-order valence-corrected chi connectivity index (χ4v) is 17.9. The summed E-state index contributed by atoms with van der Waals surface area (Å²) in [6.07, 6.45) is 29.3. The van der Waals surface area contributed by atoms with Crippen LogP contribution in [0.15, 0.2) is 37.2 Å². The molecule has 2 aromatic heterocycles. The molecule has 0 radical (unpaired) electrons. The van der Waals surface area contributed by atoms with Crippen molar-refractivity contribution in [3.05, 3.63) is 37.2 Å². The number of aliphatic hydroxyl groups is 2. The average Bonchev–Trinajstić information content (AvgIpc) is 4.10. The van der Waals surface area contributed by atoms with E-state index in [1.165, 1.54) is 64.2 Å². The van der Waals surface area contributed by atoms with Crippen molar-refractivity contribution in [3.63, 3.8) is 0 Å². The first-order valence-corrected chi connectivity index (χ1v) is 26.1. The van der Waals surface area contributed by atoms with Gasteiger partial charge in [-0.2, -0.15) is 5.10 Å². The first kappa shape index (κ1) is 55.0. The van der Waals surface area contributed by atoms with Gasteiger partial charge in [-0.05, 0) is 191 Å². The minimum Gasteiger partial charge on any atom is -0.387 e. The number of H-pyrrole nitrogens is 1. The van der Waals surface area contributed by atoms with Gasteiger partial charge in [-0.1, -0.05) is 65.9 Å². The second-order valence-corrected chi connectivity index (χ2v) is 24.0. The standard InChI is InChI=1S/C26H40N2O3.C23H37BrO3.C3H4N2.3CH4/c1-24-10-11-26(30,16-31-3)14-18(24)4-5-19-20-6-7-22(25(20,2)9-8-21(19)24)23(29)15-28-13-12-27-17-28;1-21-10-11-23(26,14-27-3)12-15(21)4-5-16-17-6-7-19(20(25)13-24)22(17,2)9-8-18(16)21;1-2-4-5-3-1;;;/h12-13,17-22,30H,4-11,14-16H2,1-3H3;15-19,26H,4-14H2,1-3H3;1-3H,(H,4,5);3*1H4/t18-,19-,20-,21-,22+,24-,25-,26+;15-,16-,17-,18-,19+,21-,22-,23+;;;;/m00..../s1. The highest BCUT2D eigenvalue weighted by atomic mass is 79.9. The van der Waals surface area contributed by atoms with Gasteiger partial charge in [0.15, 0.2) is 5.78 Å². The Morgan fingerprint density at radius 2 is 1.14 bits per heavy atom. The molecule has 8 saturated carbocycles. The van der Waals surface area contributed by atoms with Crippen LogP contribution >= 0.6 is 15.9 Å². The van der Waals surface area contributed by atoms with Crippen LogP contribution in [0.1, 0.15) is 166 Å². The third-order valence-electron chi connectivity index (χ3n) is 20.7. The number of ketones is 2. The molecule has 0 spiro atoms. The number of nitrogens with zero attached hydrogens (tertiary/aromatic N) is 3. The van der Waals surface area contributed by atoms with Crippen molar-refractivity contribution in [2.45, 2.75) is 183 Å². The normalized spacial score (nSPS) is 43.8. The quantitative estimate of drug-likeness (QED) is 0.211. The number of ether oxygens (including phenoxy) is 2. The first-order chi connectivity index (χ1) is 30.1. The topological polar surface area (TPSA) is 140 Å². The lowest BCUT2D eigenvalue weighted by Crippen LogP contribution is -2.56. The molecular weight excluding hydrogens is 893 g/mol. The van der Waals surface area contributed by atoms with Gasteiger partial charge in [0, 0.05) is 50.8 Å². The SMILES string of the molecule is C.C.C.COC[C@@]1(O)CC[C@@]2(C)[C@@H](CC[C@@H]3[C@@H]2CC[C@]2(C)[C@@H](C(=O)CBr)CC[C@@H]32)C1.COC[C@@]1(O)CC[C@@]2(C)[C@@H](CC[C@@H]3[C@@H]2CC[C@]2(C)[C@@H](C(=O)Cn4ccnc4)CC[C@@H]32)C1.c1cn[nH]c1. The molecule has 0 saturated heterocycles. The lowest BCUT2D eigenvalue weighted by Gasteiger charge is -2.62. The van der Waals surface area contributed by atoms with E-state index in [-0.39, 0.29) is 44.9 Å². The molecule has 376 valence electrons. The lowest BCUT2D eigenvalue weighted by atomic mass is 9.44. The van der Waals surface area contributed by atoms with E-state index in [0.29, 0.717) is 65.2 Å². The van der Waals surface area contributed by atoms with Gasteiger partial charge in [0.1, 0.15) is 5.78 Å². The number of hydrogen-bond donors (Lipinski definition) is 3. The molecule has 0 amide bonds. The van der Waals surface area contributed by atoms with Gasteiger partial charge in [0.05, 0.1) is 42.6 Å². The van der Waals surface area contributed by atoms with Crippen LogP contribution in [0, 0.1) is 80.8 Å². The molecule has 0 aromatic carbocycles. The Labute approximate surface area is 408 Å². The van der Waals surface area contributed by atoms with Crippen molar-refractivity contribution in [2.24, 2.45) is 80.8 Å². The number of alkyl halides is 1. The van der Waals surface area contributed by atoms with Gasteiger partial charge < -0.3 is 24.3 Å². The predicted molar refractivity (Wildman–Crippen MR) is 269 cm³/mol. The van der Waals surface area contributed by atoms with Crippen LogP contribution in [-0.4, -0.2) is 85.5 Å². The summed E-state index contributed by atoms with van der Waals surface area (Å²) in [5, 5.41) is 28.7. The highest BCUT2D eigenvalue weighted by Gasteiger charge is 2.64. The van der Waals surface area contributed by atoms with Crippen molar-refractivity contribution >= 4 is 27.5 Å². The molecule has 2 heterocycles. The number of carbonyl (C=O) groups is 2. The third-order valence-corrected chi connectivity index (χ3v) is 21.2. The van der Waals surface area contributed by atoms with Gasteiger partial charge >= 0.3 is 0 Å². The second kappa shape index (κ2) is 21.6. The Hall–Kier alpha value is -1.92. The predicted octanol–water partition coefficient (Wildman–Crippen LogP) is 11.8. The van der Waals surface area contributed by atoms with E-state index in [9.17, 15) is 19.8 Å².